The zero-order chi connectivity index (χ0) is 13.7. The van der Waals surface area contributed by atoms with E-state index in [1.54, 1.807) is 6.21 Å². The minimum atomic E-state index is -0.251. The average molecular weight is 263 g/mol. The number of ether oxygens (including phenoxy) is 1. The summed E-state index contributed by atoms with van der Waals surface area (Å²) in [6.07, 6.45) is 1.69. The number of oxime groups is 1. The standard InChI is InChI=1S/C15H21NO3/c1-12(2)14-5-3-13(4-6-14)7-16-19-11-15(8-17)9-18-10-15/h3-7,12,17H,8-11H2,1-2H3/b16-7+. The van der Waals surface area contributed by atoms with Crippen LogP contribution in [-0.4, -0.2) is 37.7 Å². The van der Waals surface area contributed by atoms with Crippen molar-refractivity contribution in [2.75, 3.05) is 26.4 Å². The Morgan fingerprint density at radius 2 is 2.05 bits per heavy atom. The molecule has 1 aromatic rings. The molecule has 104 valence electrons. The molecule has 0 atom stereocenters. The van der Waals surface area contributed by atoms with Crippen molar-refractivity contribution in [2.45, 2.75) is 19.8 Å². The number of hydrogen-bond acceptors (Lipinski definition) is 4. The molecule has 0 saturated carbocycles. The summed E-state index contributed by atoms with van der Waals surface area (Å²) in [6, 6.07) is 8.24. The highest BCUT2D eigenvalue weighted by atomic mass is 16.6. The van der Waals surface area contributed by atoms with E-state index in [9.17, 15) is 5.11 Å². The van der Waals surface area contributed by atoms with Crippen LogP contribution in [0.25, 0.3) is 0 Å². The van der Waals surface area contributed by atoms with Gasteiger partial charge >= 0.3 is 0 Å². The Morgan fingerprint density at radius 1 is 1.37 bits per heavy atom. The summed E-state index contributed by atoms with van der Waals surface area (Å²) in [4.78, 5) is 5.24. The van der Waals surface area contributed by atoms with Crippen molar-refractivity contribution in [1.29, 1.82) is 0 Å². The van der Waals surface area contributed by atoms with Gasteiger partial charge in [-0.05, 0) is 17.0 Å². The fourth-order valence-corrected chi connectivity index (χ4v) is 1.85. The summed E-state index contributed by atoms with van der Waals surface area (Å²) >= 11 is 0. The van der Waals surface area contributed by atoms with Crippen molar-refractivity contribution in [3.63, 3.8) is 0 Å². The Morgan fingerprint density at radius 3 is 2.53 bits per heavy atom. The summed E-state index contributed by atoms with van der Waals surface area (Å²) in [5.41, 5.74) is 2.06. The third-order valence-electron chi connectivity index (χ3n) is 3.40. The molecular formula is C15H21NO3. The normalized spacial score (nSPS) is 17.7. The van der Waals surface area contributed by atoms with E-state index in [-0.39, 0.29) is 12.0 Å². The lowest BCUT2D eigenvalue weighted by Gasteiger charge is -2.38. The predicted molar refractivity (Wildman–Crippen MR) is 74.4 cm³/mol. The average Bonchev–Trinajstić information content (AvgIpc) is 2.37. The van der Waals surface area contributed by atoms with Crippen LogP contribution in [0.1, 0.15) is 30.9 Å². The highest BCUT2D eigenvalue weighted by Crippen LogP contribution is 2.26. The van der Waals surface area contributed by atoms with Gasteiger partial charge in [0, 0.05) is 0 Å². The molecule has 0 spiro atoms. The summed E-state index contributed by atoms with van der Waals surface area (Å²) in [6.45, 7) is 5.89. The van der Waals surface area contributed by atoms with E-state index in [0.717, 1.165) is 5.56 Å². The summed E-state index contributed by atoms with van der Waals surface area (Å²) in [5, 5.41) is 13.2. The first-order valence-corrected chi connectivity index (χ1v) is 6.59. The van der Waals surface area contributed by atoms with Crippen LogP contribution < -0.4 is 0 Å². The van der Waals surface area contributed by atoms with Crippen LogP contribution in [0, 0.1) is 5.41 Å². The maximum Gasteiger partial charge on any atom is 0.129 e. The van der Waals surface area contributed by atoms with Crippen molar-refractivity contribution >= 4 is 6.21 Å². The molecule has 19 heavy (non-hydrogen) atoms. The number of aliphatic hydroxyl groups excluding tert-OH is 1. The Balaban J connectivity index is 1.82. The molecule has 1 aromatic carbocycles. The van der Waals surface area contributed by atoms with Crippen LogP contribution in [0.2, 0.25) is 0 Å². The predicted octanol–water partition coefficient (Wildman–Crippen LogP) is 2.17. The van der Waals surface area contributed by atoms with E-state index >= 15 is 0 Å². The lowest BCUT2D eigenvalue weighted by Crippen LogP contribution is -2.48. The second-order valence-electron chi connectivity index (χ2n) is 5.48. The van der Waals surface area contributed by atoms with E-state index in [1.807, 2.05) is 12.1 Å². The molecule has 0 aliphatic carbocycles. The van der Waals surface area contributed by atoms with Gasteiger partial charge in [0.25, 0.3) is 0 Å². The molecule has 1 fully saturated rings. The second kappa shape index (κ2) is 6.17. The quantitative estimate of drug-likeness (QED) is 0.632. The van der Waals surface area contributed by atoms with E-state index < -0.39 is 0 Å². The van der Waals surface area contributed by atoms with Gasteiger partial charge < -0.3 is 14.7 Å². The molecule has 0 unspecified atom stereocenters. The lowest BCUT2D eigenvalue weighted by atomic mass is 9.88. The zero-order valence-electron chi connectivity index (χ0n) is 11.5. The van der Waals surface area contributed by atoms with Gasteiger partial charge in [-0.15, -0.1) is 0 Å². The summed E-state index contributed by atoms with van der Waals surface area (Å²) in [7, 11) is 0. The second-order valence-corrected chi connectivity index (χ2v) is 5.48. The van der Waals surface area contributed by atoms with E-state index in [4.69, 9.17) is 9.57 Å². The van der Waals surface area contributed by atoms with Crippen LogP contribution in [0.3, 0.4) is 0 Å². The van der Waals surface area contributed by atoms with Gasteiger partial charge in [0.1, 0.15) is 6.61 Å². The minimum absolute atomic E-state index is 0.0750. The topological polar surface area (TPSA) is 51.0 Å². The Kier molecular flexibility index (Phi) is 4.56. The van der Waals surface area contributed by atoms with Gasteiger partial charge in [0.05, 0.1) is 31.5 Å². The van der Waals surface area contributed by atoms with E-state index in [2.05, 4.69) is 31.1 Å². The first-order chi connectivity index (χ1) is 9.15. The SMILES string of the molecule is CC(C)c1ccc(/C=N/OCC2(CO)COC2)cc1. The molecule has 1 heterocycles. The molecule has 0 bridgehead atoms. The van der Waals surface area contributed by atoms with Crippen LogP contribution in [0.4, 0.5) is 0 Å². The first-order valence-electron chi connectivity index (χ1n) is 6.59. The maximum absolute atomic E-state index is 9.22. The highest BCUT2D eigenvalue weighted by Gasteiger charge is 2.39. The molecule has 0 radical (unpaired) electrons. The Labute approximate surface area is 114 Å². The molecule has 1 aliphatic rings. The third kappa shape index (κ3) is 3.55. The van der Waals surface area contributed by atoms with Crippen molar-refractivity contribution in [3.8, 4) is 0 Å². The van der Waals surface area contributed by atoms with Gasteiger partial charge in [-0.3, -0.25) is 0 Å². The maximum atomic E-state index is 9.22. The first kappa shape index (κ1) is 14.0. The van der Waals surface area contributed by atoms with Crippen molar-refractivity contribution in [1.82, 2.24) is 0 Å². The van der Waals surface area contributed by atoms with Crippen LogP contribution >= 0.6 is 0 Å². The van der Waals surface area contributed by atoms with Crippen LogP contribution in [0.15, 0.2) is 29.4 Å². The molecule has 0 amide bonds. The number of nitrogens with zero attached hydrogens (tertiary/aromatic N) is 1. The van der Waals surface area contributed by atoms with Gasteiger partial charge in [0.2, 0.25) is 0 Å². The molecule has 4 nitrogen and oxygen atoms in total. The Hall–Kier alpha value is -1.39. The minimum Gasteiger partial charge on any atom is -0.395 e. The molecule has 0 aromatic heterocycles. The number of benzene rings is 1. The number of aliphatic hydroxyl groups is 1. The van der Waals surface area contributed by atoms with Crippen molar-refractivity contribution < 1.29 is 14.7 Å². The summed E-state index contributed by atoms with van der Waals surface area (Å²) in [5.74, 6) is 0.533. The zero-order valence-corrected chi connectivity index (χ0v) is 11.5. The lowest BCUT2D eigenvalue weighted by molar-refractivity contribution is -0.168. The van der Waals surface area contributed by atoms with Crippen LogP contribution in [-0.2, 0) is 9.57 Å². The molecule has 1 N–H and O–H groups in total. The fraction of sp³-hybridized carbons (Fsp3) is 0.533. The van der Waals surface area contributed by atoms with Crippen molar-refractivity contribution in [2.24, 2.45) is 10.6 Å². The fourth-order valence-electron chi connectivity index (χ4n) is 1.85. The van der Waals surface area contributed by atoms with Gasteiger partial charge in [0.15, 0.2) is 0 Å². The molecule has 1 saturated heterocycles. The summed E-state index contributed by atoms with van der Waals surface area (Å²) < 4.78 is 5.09. The van der Waals surface area contributed by atoms with Gasteiger partial charge in [-0.25, -0.2) is 0 Å². The number of rotatable bonds is 6. The molecule has 1 aliphatic heterocycles. The van der Waals surface area contributed by atoms with Crippen LogP contribution in [0.5, 0.6) is 0 Å². The monoisotopic (exact) mass is 263 g/mol. The molecular weight excluding hydrogens is 242 g/mol. The molecule has 4 heteroatoms. The largest absolute Gasteiger partial charge is 0.395 e. The Bertz CT molecular complexity index is 416. The highest BCUT2D eigenvalue weighted by molar-refractivity contribution is 5.79. The third-order valence-corrected chi connectivity index (χ3v) is 3.40. The molecule has 2 rings (SSSR count). The number of hydrogen-bond donors (Lipinski definition) is 1. The van der Waals surface area contributed by atoms with Crippen molar-refractivity contribution in [3.05, 3.63) is 35.4 Å². The van der Waals surface area contributed by atoms with Gasteiger partial charge in [-0.1, -0.05) is 43.3 Å². The van der Waals surface area contributed by atoms with E-state index in [0.29, 0.717) is 25.7 Å². The smallest absolute Gasteiger partial charge is 0.129 e. The van der Waals surface area contributed by atoms with E-state index in [1.165, 1.54) is 5.56 Å². The van der Waals surface area contributed by atoms with Gasteiger partial charge in [-0.2, -0.15) is 0 Å².